The molecule has 1 aliphatic rings. The molecule has 1 aliphatic heterocycles. The highest BCUT2D eigenvalue weighted by molar-refractivity contribution is 5.89. The van der Waals surface area contributed by atoms with Crippen LogP contribution in [0.15, 0.2) is 48.5 Å². The van der Waals surface area contributed by atoms with E-state index < -0.39 is 6.04 Å². The fourth-order valence-corrected chi connectivity index (χ4v) is 3.65. The van der Waals surface area contributed by atoms with Crippen LogP contribution in [-0.4, -0.2) is 37.0 Å². The average molecular weight is 411 g/mol. The first kappa shape index (κ1) is 21.7. The number of rotatable bonds is 9. The number of methoxy groups -OCH3 is 1. The van der Waals surface area contributed by atoms with Gasteiger partial charge in [0.2, 0.25) is 11.8 Å². The van der Waals surface area contributed by atoms with Crippen molar-refractivity contribution >= 4 is 11.8 Å². The first-order chi connectivity index (χ1) is 14.6. The summed E-state index contributed by atoms with van der Waals surface area (Å²) < 4.78 is 11.1. The van der Waals surface area contributed by atoms with E-state index in [4.69, 9.17) is 9.47 Å². The monoisotopic (exact) mass is 410 g/mol. The van der Waals surface area contributed by atoms with Gasteiger partial charge in [0.1, 0.15) is 6.04 Å². The van der Waals surface area contributed by atoms with E-state index in [2.05, 4.69) is 5.32 Å². The molecule has 160 valence electrons. The zero-order valence-electron chi connectivity index (χ0n) is 17.7. The van der Waals surface area contributed by atoms with Gasteiger partial charge in [0, 0.05) is 19.5 Å². The molecule has 1 N–H and O–H groups in total. The minimum Gasteiger partial charge on any atom is -0.493 e. The zero-order chi connectivity index (χ0) is 21.3. The predicted octanol–water partition coefficient (Wildman–Crippen LogP) is 3.85. The lowest BCUT2D eigenvalue weighted by Crippen LogP contribution is -2.45. The molecule has 2 aromatic rings. The Bertz CT molecular complexity index is 854. The van der Waals surface area contributed by atoms with E-state index in [-0.39, 0.29) is 11.8 Å². The normalized spacial score (nSPS) is 14.9. The number of carbonyl (C=O) groups excluding carboxylic acids is 2. The summed E-state index contributed by atoms with van der Waals surface area (Å²) in [6, 6.07) is 14.5. The summed E-state index contributed by atoms with van der Waals surface area (Å²) in [5, 5.41) is 3.00. The Balaban J connectivity index is 1.74. The van der Waals surface area contributed by atoms with Crippen molar-refractivity contribution in [2.75, 3.05) is 20.3 Å². The first-order valence-electron chi connectivity index (χ1n) is 10.6. The van der Waals surface area contributed by atoms with Crippen LogP contribution in [0, 0.1) is 0 Å². The van der Waals surface area contributed by atoms with Gasteiger partial charge < -0.3 is 19.7 Å². The number of piperidine rings is 1. The molecule has 1 atom stereocenters. The standard InChI is InChI=1S/C24H30N2O4/c1-3-15-30-20-13-12-18(16-21(20)29-2)17-25-24(28)23(19-9-5-4-6-10-19)26-14-8-7-11-22(26)27/h4-6,9-10,12-13,16,23H,3,7-8,11,14-15,17H2,1-2H3,(H,25,28). The average Bonchev–Trinajstić information content (AvgIpc) is 2.78. The minimum absolute atomic E-state index is 0.0318. The molecular formula is C24H30N2O4. The van der Waals surface area contributed by atoms with Crippen molar-refractivity contribution in [3.63, 3.8) is 0 Å². The Morgan fingerprint density at radius 2 is 1.93 bits per heavy atom. The fourth-order valence-electron chi connectivity index (χ4n) is 3.65. The van der Waals surface area contributed by atoms with E-state index in [1.54, 1.807) is 12.0 Å². The lowest BCUT2D eigenvalue weighted by molar-refractivity contribution is -0.142. The SMILES string of the molecule is CCCOc1ccc(CNC(=O)C(c2ccccc2)N2CCCCC2=O)cc1OC. The molecule has 0 spiro atoms. The summed E-state index contributed by atoms with van der Waals surface area (Å²) in [7, 11) is 1.60. The van der Waals surface area contributed by atoms with Crippen molar-refractivity contribution in [3.05, 3.63) is 59.7 Å². The minimum atomic E-state index is -0.618. The molecule has 1 fully saturated rings. The van der Waals surface area contributed by atoms with Gasteiger partial charge in [-0.05, 0) is 42.5 Å². The van der Waals surface area contributed by atoms with Gasteiger partial charge in [-0.3, -0.25) is 9.59 Å². The Labute approximate surface area is 178 Å². The lowest BCUT2D eigenvalue weighted by Gasteiger charge is -2.34. The second kappa shape index (κ2) is 10.7. The van der Waals surface area contributed by atoms with E-state index in [9.17, 15) is 9.59 Å². The first-order valence-corrected chi connectivity index (χ1v) is 10.6. The summed E-state index contributed by atoms with van der Waals surface area (Å²) in [6.07, 6.45) is 3.20. The quantitative estimate of drug-likeness (QED) is 0.682. The van der Waals surface area contributed by atoms with E-state index in [1.165, 1.54) is 0 Å². The van der Waals surface area contributed by atoms with Crippen LogP contribution in [0.5, 0.6) is 11.5 Å². The van der Waals surface area contributed by atoms with Gasteiger partial charge in [0.25, 0.3) is 0 Å². The Hall–Kier alpha value is -3.02. The van der Waals surface area contributed by atoms with Crippen molar-refractivity contribution < 1.29 is 19.1 Å². The molecule has 0 bridgehead atoms. The van der Waals surface area contributed by atoms with Gasteiger partial charge in [-0.25, -0.2) is 0 Å². The third kappa shape index (κ3) is 5.32. The van der Waals surface area contributed by atoms with Crippen LogP contribution in [-0.2, 0) is 16.1 Å². The van der Waals surface area contributed by atoms with Gasteiger partial charge in [0.15, 0.2) is 11.5 Å². The van der Waals surface area contributed by atoms with Crippen molar-refractivity contribution in [3.8, 4) is 11.5 Å². The van der Waals surface area contributed by atoms with Crippen molar-refractivity contribution in [1.29, 1.82) is 0 Å². The number of ether oxygens (including phenoxy) is 2. The Kier molecular flexibility index (Phi) is 7.71. The van der Waals surface area contributed by atoms with Gasteiger partial charge in [-0.1, -0.05) is 43.3 Å². The molecule has 1 heterocycles. The highest BCUT2D eigenvalue weighted by Crippen LogP contribution is 2.29. The highest BCUT2D eigenvalue weighted by Gasteiger charge is 2.32. The molecule has 0 saturated carbocycles. The largest absolute Gasteiger partial charge is 0.493 e. The van der Waals surface area contributed by atoms with Crippen molar-refractivity contribution in [2.45, 2.75) is 45.2 Å². The number of likely N-dealkylation sites (tertiary alicyclic amines) is 1. The van der Waals surface area contributed by atoms with E-state index >= 15 is 0 Å². The van der Waals surface area contributed by atoms with Crippen LogP contribution < -0.4 is 14.8 Å². The summed E-state index contributed by atoms with van der Waals surface area (Å²) in [6.45, 7) is 3.61. The second-order valence-electron chi connectivity index (χ2n) is 7.41. The second-order valence-corrected chi connectivity index (χ2v) is 7.41. The van der Waals surface area contributed by atoms with Gasteiger partial charge in [0.05, 0.1) is 13.7 Å². The smallest absolute Gasteiger partial charge is 0.247 e. The highest BCUT2D eigenvalue weighted by atomic mass is 16.5. The molecule has 0 radical (unpaired) electrons. The van der Waals surface area contributed by atoms with Crippen LogP contribution in [0.4, 0.5) is 0 Å². The maximum Gasteiger partial charge on any atom is 0.247 e. The Morgan fingerprint density at radius 1 is 1.13 bits per heavy atom. The molecule has 0 aromatic heterocycles. The Morgan fingerprint density at radius 3 is 2.63 bits per heavy atom. The van der Waals surface area contributed by atoms with E-state index in [0.29, 0.717) is 37.6 Å². The van der Waals surface area contributed by atoms with E-state index in [0.717, 1.165) is 30.4 Å². The van der Waals surface area contributed by atoms with Crippen LogP contribution in [0.1, 0.15) is 49.8 Å². The molecule has 3 rings (SSSR count). The third-order valence-electron chi connectivity index (χ3n) is 5.19. The predicted molar refractivity (Wildman–Crippen MR) is 115 cm³/mol. The number of carbonyl (C=O) groups is 2. The maximum atomic E-state index is 13.2. The number of nitrogens with one attached hydrogen (secondary N) is 1. The lowest BCUT2D eigenvalue weighted by atomic mass is 10.0. The van der Waals surface area contributed by atoms with Crippen molar-refractivity contribution in [2.24, 2.45) is 0 Å². The molecule has 1 unspecified atom stereocenters. The molecule has 6 heteroatoms. The van der Waals surface area contributed by atoms with Crippen molar-refractivity contribution in [1.82, 2.24) is 10.2 Å². The van der Waals surface area contributed by atoms with Gasteiger partial charge >= 0.3 is 0 Å². The number of hydrogen-bond acceptors (Lipinski definition) is 4. The van der Waals surface area contributed by atoms with Gasteiger partial charge in [-0.15, -0.1) is 0 Å². The van der Waals surface area contributed by atoms with Crippen LogP contribution in [0.2, 0.25) is 0 Å². The van der Waals surface area contributed by atoms with Gasteiger partial charge in [-0.2, -0.15) is 0 Å². The van der Waals surface area contributed by atoms with Crippen LogP contribution in [0.3, 0.4) is 0 Å². The molecular weight excluding hydrogens is 380 g/mol. The fraction of sp³-hybridized carbons (Fsp3) is 0.417. The summed E-state index contributed by atoms with van der Waals surface area (Å²) in [5.74, 6) is 1.18. The summed E-state index contributed by atoms with van der Waals surface area (Å²) in [4.78, 5) is 27.4. The van der Waals surface area contributed by atoms with Crippen LogP contribution >= 0.6 is 0 Å². The third-order valence-corrected chi connectivity index (χ3v) is 5.19. The number of hydrogen-bond donors (Lipinski definition) is 1. The van der Waals surface area contributed by atoms with E-state index in [1.807, 2.05) is 55.5 Å². The summed E-state index contributed by atoms with van der Waals surface area (Å²) >= 11 is 0. The number of amides is 2. The van der Waals surface area contributed by atoms with Crippen LogP contribution in [0.25, 0.3) is 0 Å². The molecule has 2 amide bonds. The molecule has 2 aromatic carbocycles. The summed E-state index contributed by atoms with van der Waals surface area (Å²) in [5.41, 5.74) is 1.73. The number of benzene rings is 2. The topological polar surface area (TPSA) is 67.9 Å². The molecule has 0 aliphatic carbocycles. The maximum absolute atomic E-state index is 13.2. The molecule has 1 saturated heterocycles. The number of nitrogens with zero attached hydrogens (tertiary/aromatic N) is 1. The molecule has 30 heavy (non-hydrogen) atoms. The zero-order valence-corrected chi connectivity index (χ0v) is 17.7. The molecule has 6 nitrogen and oxygen atoms in total.